The topological polar surface area (TPSA) is 27.3 Å². The summed E-state index contributed by atoms with van der Waals surface area (Å²) in [4.78, 5) is 2.41. The summed E-state index contributed by atoms with van der Waals surface area (Å²) < 4.78 is 0. The summed E-state index contributed by atoms with van der Waals surface area (Å²) in [6.45, 7) is 4.40. The molecule has 1 aromatic rings. The molecule has 0 radical (unpaired) electrons. The molecule has 0 aliphatic carbocycles. The fourth-order valence-corrected chi connectivity index (χ4v) is 1.76. The highest BCUT2D eigenvalue weighted by Gasteiger charge is 2.09. The third-order valence-corrected chi connectivity index (χ3v) is 2.64. The van der Waals surface area contributed by atoms with Gasteiger partial charge in [0.05, 0.1) is 0 Å². The van der Waals surface area contributed by atoms with Crippen LogP contribution in [0.5, 0.6) is 0 Å². The molecule has 2 N–H and O–H groups in total. The van der Waals surface area contributed by atoms with Crippen LogP contribution in [0.4, 0.5) is 11.4 Å². The van der Waals surface area contributed by atoms with Crippen molar-refractivity contribution in [1.82, 2.24) is 5.32 Å². The first kappa shape index (κ1) is 15.4. The predicted octanol–water partition coefficient (Wildman–Crippen LogP) is 1.98. The summed E-state index contributed by atoms with van der Waals surface area (Å²) in [5.41, 5.74) is 2.49. The van der Waals surface area contributed by atoms with Crippen molar-refractivity contribution in [3.63, 3.8) is 0 Å². The number of halogens is 2. The number of nitrogens with one attached hydrogen (secondary N) is 2. The fraction of sp³-hybridized carbons (Fsp3) is 0.455. The fourth-order valence-electron chi connectivity index (χ4n) is 1.76. The van der Waals surface area contributed by atoms with Crippen molar-refractivity contribution in [2.45, 2.75) is 0 Å². The zero-order chi connectivity index (χ0) is 9.80. The normalized spacial score (nSPS) is 14.7. The molecule has 1 fully saturated rings. The molecule has 5 heteroatoms. The van der Waals surface area contributed by atoms with Crippen LogP contribution in [0.3, 0.4) is 0 Å². The van der Waals surface area contributed by atoms with E-state index < -0.39 is 0 Å². The summed E-state index contributed by atoms with van der Waals surface area (Å²) in [5, 5.41) is 6.48. The monoisotopic (exact) mass is 263 g/mol. The van der Waals surface area contributed by atoms with Gasteiger partial charge in [-0.3, -0.25) is 0 Å². The molecule has 0 unspecified atom stereocenters. The van der Waals surface area contributed by atoms with Crippen LogP contribution in [0, 0.1) is 0 Å². The SMILES string of the molecule is CNc1ccc(N2CCNCC2)cc1.Cl.Cl. The first-order valence-electron chi connectivity index (χ1n) is 5.13. The molecule has 1 aliphatic heterocycles. The van der Waals surface area contributed by atoms with Crippen molar-refractivity contribution in [2.24, 2.45) is 0 Å². The van der Waals surface area contributed by atoms with Gasteiger partial charge in [0.1, 0.15) is 0 Å². The second-order valence-corrected chi connectivity index (χ2v) is 3.53. The Balaban J connectivity index is 0.00000112. The molecule has 0 spiro atoms. The summed E-state index contributed by atoms with van der Waals surface area (Å²) in [5.74, 6) is 0. The van der Waals surface area contributed by atoms with Crippen LogP contribution in [0.15, 0.2) is 24.3 Å². The molecule has 0 saturated carbocycles. The molecule has 16 heavy (non-hydrogen) atoms. The lowest BCUT2D eigenvalue weighted by atomic mass is 10.2. The molecule has 0 amide bonds. The highest BCUT2D eigenvalue weighted by molar-refractivity contribution is 5.85. The van der Waals surface area contributed by atoms with Crippen LogP contribution in [-0.2, 0) is 0 Å². The second-order valence-electron chi connectivity index (χ2n) is 3.53. The Morgan fingerprint density at radius 2 is 1.62 bits per heavy atom. The van der Waals surface area contributed by atoms with Crippen molar-refractivity contribution in [2.75, 3.05) is 43.4 Å². The molecule has 1 aromatic carbocycles. The third kappa shape index (κ3) is 3.74. The van der Waals surface area contributed by atoms with Crippen molar-refractivity contribution in [3.05, 3.63) is 24.3 Å². The van der Waals surface area contributed by atoms with Crippen molar-refractivity contribution < 1.29 is 0 Å². The predicted molar refractivity (Wildman–Crippen MR) is 75.6 cm³/mol. The molecule has 92 valence electrons. The largest absolute Gasteiger partial charge is 0.388 e. The lowest BCUT2D eigenvalue weighted by Crippen LogP contribution is -2.43. The average Bonchev–Trinajstić information content (AvgIpc) is 2.30. The Morgan fingerprint density at radius 3 is 2.12 bits per heavy atom. The molecule has 0 atom stereocenters. The smallest absolute Gasteiger partial charge is 0.0368 e. The Labute approximate surface area is 109 Å². The zero-order valence-electron chi connectivity index (χ0n) is 9.40. The van der Waals surface area contributed by atoms with E-state index in [0.717, 1.165) is 26.2 Å². The van der Waals surface area contributed by atoms with Gasteiger partial charge in [-0.1, -0.05) is 0 Å². The molecule has 0 bridgehead atoms. The number of anilines is 2. The maximum absolute atomic E-state index is 3.35. The number of hydrogen-bond acceptors (Lipinski definition) is 3. The van der Waals surface area contributed by atoms with Gasteiger partial charge in [-0.05, 0) is 24.3 Å². The highest BCUT2D eigenvalue weighted by Crippen LogP contribution is 2.17. The van der Waals surface area contributed by atoms with Gasteiger partial charge < -0.3 is 15.5 Å². The number of piperazine rings is 1. The quantitative estimate of drug-likeness (QED) is 0.855. The summed E-state index contributed by atoms with van der Waals surface area (Å²) in [7, 11) is 1.94. The van der Waals surface area contributed by atoms with E-state index in [1.807, 2.05) is 7.05 Å². The highest BCUT2D eigenvalue weighted by atomic mass is 35.5. The van der Waals surface area contributed by atoms with Gasteiger partial charge >= 0.3 is 0 Å². The number of nitrogens with zero attached hydrogens (tertiary/aromatic N) is 1. The summed E-state index contributed by atoms with van der Waals surface area (Å²) >= 11 is 0. The van der Waals surface area contributed by atoms with Crippen LogP contribution >= 0.6 is 24.8 Å². The first-order chi connectivity index (χ1) is 6.90. The molecule has 2 rings (SSSR count). The third-order valence-electron chi connectivity index (χ3n) is 2.64. The van der Waals surface area contributed by atoms with Crippen molar-refractivity contribution >= 4 is 36.2 Å². The maximum Gasteiger partial charge on any atom is 0.0368 e. The van der Waals surface area contributed by atoms with Gasteiger partial charge in [-0.25, -0.2) is 0 Å². The van der Waals surface area contributed by atoms with E-state index in [-0.39, 0.29) is 24.8 Å². The van der Waals surface area contributed by atoms with E-state index in [1.165, 1.54) is 11.4 Å². The lowest BCUT2D eigenvalue weighted by Gasteiger charge is -2.29. The minimum absolute atomic E-state index is 0. The van der Waals surface area contributed by atoms with E-state index in [0.29, 0.717) is 0 Å². The minimum atomic E-state index is 0. The van der Waals surface area contributed by atoms with Gasteiger partial charge in [0.25, 0.3) is 0 Å². The van der Waals surface area contributed by atoms with Gasteiger partial charge in [-0.15, -0.1) is 24.8 Å². The van der Waals surface area contributed by atoms with Gasteiger partial charge in [0.15, 0.2) is 0 Å². The molecule has 1 aliphatic rings. The van der Waals surface area contributed by atoms with Crippen LogP contribution in [-0.4, -0.2) is 33.2 Å². The van der Waals surface area contributed by atoms with E-state index in [2.05, 4.69) is 39.8 Å². The Kier molecular flexibility index (Phi) is 7.30. The van der Waals surface area contributed by atoms with Crippen LogP contribution in [0.1, 0.15) is 0 Å². The first-order valence-corrected chi connectivity index (χ1v) is 5.13. The van der Waals surface area contributed by atoms with Crippen molar-refractivity contribution in [1.29, 1.82) is 0 Å². The molecule has 1 saturated heterocycles. The van der Waals surface area contributed by atoms with Crippen molar-refractivity contribution in [3.8, 4) is 0 Å². The van der Waals surface area contributed by atoms with Crippen LogP contribution in [0.2, 0.25) is 0 Å². The van der Waals surface area contributed by atoms with E-state index in [9.17, 15) is 0 Å². The molecule has 0 aromatic heterocycles. The number of rotatable bonds is 2. The van der Waals surface area contributed by atoms with Gasteiger partial charge in [-0.2, -0.15) is 0 Å². The molecule has 3 nitrogen and oxygen atoms in total. The lowest BCUT2D eigenvalue weighted by molar-refractivity contribution is 0.589. The average molecular weight is 264 g/mol. The summed E-state index contributed by atoms with van der Waals surface area (Å²) in [6, 6.07) is 8.60. The van der Waals surface area contributed by atoms with Gasteiger partial charge in [0, 0.05) is 44.6 Å². The molecular formula is C11H19Cl2N3. The molecule has 1 heterocycles. The Morgan fingerprint density at radius 1 is 1.06 bits per heavy atom. The van der Waals surface area contributed by atoms with E-state index in [1.54, 1.807) is 0 Å². The van der Waals surface area contributed by atoms with Gasteiger partial charge in [0.2, 0.25) is 0 Å². The maximum atomic E-state index is 3.35. The van der Waals surface area contributed by atoms with E-state index in [4.69, 9.17) is 0 Å². The number of hydrogen-bond donors (Lipinski definition) is 2. The minimum Gasteiger partial charge on any atom is -0.388 e. The second kappa shape index (κ2) is 7.60. The van der Waals surface area contributed by atoms with Crippen LogP contribution in [0.25, 0.3) is 0 Å². The van der Waals surface area contributed by atoms with Crippen LogP contribution < -0.4 is 15.5 Å². The Hall–Kier alpha value is -0.640. The standard InChI is InChI=1S/C11H17N3.2ClH/c1-12-10-2-4-11(5-3-10)14-8-6-13-7-9-14;;/h2-5,12-13H,6-9H2,1H3;2*1H. The molecular weight excluding hydrogens is 245 g/mol. The Bertz CT molecular complexity index is 284. The zero-order valence-corrected chi connectivity index (χ0v) is 11.0. The number of benzene rings is 1. The van der Waals surface area contributed by atoms with E-state index >= 15 is 0 Å². The summed E-state index contributed by atoms with van der Waals surface area (Å²) in [6.07, 6.45) is 0.